The van der Waals surface area contributed by atoms with Gasteiger partial charge in [-0.3, -0.25) is 4.79 Å². The summed E-state index contributed by atoms with van der Waals surface area (Å²) >= 11 is 7.62. The van der Waals surface area contributed by atoms with Crippen molar-refractivity contribution in [3.63, 3.8) is 0 Å². The molecule has 2 aromatic heterocycles. The van der Waals surface area contributed by atoms with Gasteiger partial charge in [0.1, 0.15) is 5.82 Å². The number of aromatic nitrogens is 3. The van der Waals surface area contributed by atoms with E-state index in [-0.39, 0.29) is 5.91 Å². The number of aromatic amines is 1. The molecule has 0 spiro atoms. The average molecular weight is 286 g/mol. The van der Waals surface area contributed by atoms with E-state index in [1.54, 1.807) is 6.92 Å². The second-order valence-electron chi connectivity index (χ2n) is 3.43. The van der Waals surface area contributed by atoms with Crippen LogP contribution < -0.4 is 5.32 Å². The molecule has 0 saturated carbocycles. The number of thiazole rings is 1. The maximum atomic E-state index is 11.7. The number of aryl methyl sites for hydroxylation is 2. The minimum Gasteiger partial charge on any atom is -0.341 e. The summed E-state index contributed by atoms with van der Waals surface area (Å²) in [6.07, 6.45) is 0.308. The van der Waals surface area contributed by atoms with Crippen molar-refractivity contribution in [3.05, 3.63) is 20.3 Å². The number of hydrogen-bond acceptors (Lipinski definition) is 6. The number of hydrogen-bond donors (Lipinski definition) is 2. The van der Waals surface area contributed by atoms with E-state index in [0.717, 1.165) is 10.6 Å². The van der Waals surface area contributed by atoms with Crippen LogP contribution in [0.2, 0.25) is 0 Å². The molecule has 0 saturated heterocycles. The maximum absolute atomic E-state index is 11.7. The fourth-order valence-electron chi connectivity index (χ4n) is 1.26. The van der Waals surface area contributed by atoms with Gasteiger partial charge in [-0.1, -0.05) is 0 Å². The van der Waals surface area contributed by atoms with E-state index >= 15 is 0 Å². The summed E-state index contributed by atoms with van der Waals surface area (Å²) in [7, 11) is 0. The van der Waals surface area contributed by atoms with E-state index in [9.17, 15) is 4.79 Å². The second-order valence-corrected chi connectivity index (χ2v) is 5.96. The van der Waals surface area contributed by atoms with Gasteiger partial charge >= 0.3 is 0 Å². The Morgan fingerprint density at radius 3 is 2.82 bits per heavy atom. The first-order valence-electron chi connectivity index (χ1n) is 4.83. The van der Waals surface area contributed by atoms with Crippen LogP contribution in [-0.2, 0) is 11.2 Å². The van der Waals surface area contributed by atoms with Crippen molar-refractivity contribution in [1.82, 2.24) is 14.3 Å². The highest BCUT2D eigenvalue weighted by molar-refractivity contribution is 7.73. The van der Waals surface area contributed by atoms with Crippen LogP contribution >= 0.6 is 35.1 Å². The largest absolute Gasteiger partial charge is 0.341 e. The lowest BCUT2D eigenvalue weighted by Crippen LogP contribution is -2.14. The molecule has 0 radical (unpaired) electrons. The van der Waals surface area contributed by atoms with Crippen LogP contribution in [0, 0.1) is 17.8 Å². The van der Waals surface area contributed by atoms with Crippen LogP contribution in [0.25, 0.3) is 0 Å². The molecule has 0 atom stereocenters. The molecule has 0 bridgehead atoms. The highest BCUT2D eigenvalue weighted by Gasteiger charge is 2.10. The molecular formula is C9H10N4OS3. The topological polar surface area (TPSA) is 70.7 Å². The fourth-order valence-corrected chi connectivity index (χ4v) is 3.14. The lowest BCUT2D eigenvalue weighted by atomic mass is 10.3. The number of nitrogens with one attached hydrogen (secondary N) is 2. The first kappa shape index (κ1) is 12.3. The van der Waals surface area contributed by atoms with Gasteiger partial charge in [0.2, 0.25) is 11.0 Å². The molecule has 0 aliphatic rings. The van der Waals surface area contributed by atoms with Crippen molar-refractivity contribution < 1.29 is 4.79 Å². The zero-order valence-corrected chi connectivity index (χ0v) is 11.7. The maximum Gasteiger partial charge on any atom is 0.231 e. The second kappa shape index (κ2) is 5.03. The van der Waals surface area contributed by atoms with E-state index in [1.165, 1.54) is 22.9 Å². The van der Waals surface area contributed by atoms with Gasteiger partial charge in [-0.05, 0) is 26.1 Å². The number of H-pyrrole nitrogens is 1. The van der Waals surface area contributed by atoms with Crippen molar-refractivity contribution in [3.8, 4) is 0 Å². The summed E-state index contributed by atoms with van der Waals surface area (Å²) in [5, 5.41) is 3.24. The monoisotopic (exact) mass is 286 g/mol. The predicted octanol–water partition coefficient (Wildman–Crippen LogP) is 2.46. The van der Waals surface area contributed by atoms with Gasteiger partial charge in [-0.2, -0.15) is 4.37 Å². The number of anilines is 1. The van der Waals surface area contributed by atoms with Crippen LogP contribution in [-0.4, -0.2) is 20.2 Å². The third-order valence-corrected chi connectivity index (χ3v) is 4.08. The van der Waals surface area contributed by atoms with Gasteiger partial charge in [-0.25, -0.2) is 4.98 Å². The molecule has 1 amide bonds. The Kier molecular flexibility index (Phi) is 3.65. The molecule has 0 aliphatic heterocycles. The molecule has 0 aliphatic carbocycles. The molecule has 5 nitrogen and oxygen atoms in total. The summed E-state index contributed by atoms with van der Waals surface area (Å²) in [4.78, 5) is 19.8. The van der Waals surface area contributed by atoms with Gasteiger partial charge in [0.15, 0.2) is 3.95 Å². The van der Waals surface area contributed by atoms with Crippen molar-refractivity contribution >= 4 is 46.1 Å². The molecule has 90 valence electrons. The molecule has 2 rings (SSSR count). The Morgan fingerprint density at radius 1 is 1.53 bits per heavy atom. The summed E-state index contributed by atoms with van der Waals surface area (Å²) in [5.41, 5.74) is 0.948. The average Bonchev–Trinajstić information content (AvgIpc) is 2.74. The molecule has 17 heavy (non-hydrogen) atoms. The Balaban J connectivity index is 2.02. The van der Waals surface area contributed by atoms with Gasteiger partial charge in [0.25, 0.3) is 0 Å². The van der Waals surface area contributed by atoms with E-state index in [4.69, 9.17) is 12.2 Å². The highest BCUT2D eigenvalue weighted by atomic mass is 32.1. The number of nitrogens with zero attached hydrogens (tertiary/aromatic N) is 2. The van der Waals surface area contributed by atoms with Crippen LogP contribution in [0.1, 0.15) is 16.4 Å². The van der Waals surface area contributed by atoms with Gasteiger partial charge in [0, 0.05) is 22.1 Å². The molecule has 2 aromatic rings. The van der Waals surface area contributed by atoms with Gasteiger partial charge in [-0.15, -0.1) is 11.3 Å². The Bertz CT molecular complexity index is 597. The Hall–Kier alpha value is -1.12. The molecule has 2 heterocycles. The summed E-state index contributed by atoms with van der Waals surface area (Å²) in [6, 6.07) is 0. The highest BCUT2D eigenvalue weighted by Crippen LogP contribution is 2.16. The van der Waals surface area contributed by atoms with Crippen LogP contribution in [0.15, 0.2) is 0 Å². The van der Waals surface area contributed by atoms with Gasteiger partial charge < -0.3 is 10.3 Å². The molecule has 0 unspecified atom stereocenters. The predicted molar refractivity (Wildman–Crippen MR) is 71.2 cm³/mol. The zero-order chi connectivity index (χ0) is 12.4. The quantitative estimate of drug-likeness (QED) is 0.850. The van der Waals surface area contributed by atoms with E-state index in [0.29, 0.717) is 21.3 Å². The van der Waals surface area contributed by atoms with Crippen LogP contribution in [0.3, 0.4) is 0 Å². The van der Waals surface area contributed by atoms with E-state index in [1.807, 2.05) is 6.92 Å². The standard InChI is InChI=1S/C9H10N4OS3/c1-4-6(16-9(15)10-4)3-7(14)12-8-11-5(2)13-17-8/h3H2,1-2H3,(H,10,15)(H,11,12,13,14). The lowest BCUT2D eigenvalue weighted by molar-refractivity contribution is -0.115. The van der Waals surface area contributed by atoms with E-state index < -0.39 is 0 Å². The fraction of sp³-hybridized carbons (Fsp3) is 0.333. The van der Waals surface area contributed by atoms with Crippen molar-refractivity contribution in [1.29, 1.82) is 0 Å². The van der Waals surface area contributed by atoms with Crippen molar-refractivity contribution in [2.45, 2.75) is 20.3 Å². The number of rotatable bonds is 3. The minimum absolute atomic E-state index is 0.102. The Morgan fingerprint density at radius 2 is 2.29 bits per heavy atom. The zero-order valence-electron chi connectivity index (χ0n) is 9.23. The van der Waals surface area contributed by atoms with Gasteiger partial charge in [0.05, 0.1) is 6.42 Å². The first-order valence-corrected chi connectivity index (χ1v) is 6.83. The first-order chi connectivity index (χ1) is 8.04. The van der Waals surface area contributed by atoms with E-state index in [2.05, 4.69) is 19.7 Å². The SMILES string of the molecule is Cc1nsc(NC(=O)Cc2sc(=S)[nH]c2C)n1. The number of amides is 1. The third-order valence-electron chi connectivity index (χ3n) is 2.02. The minimum atomic E-state index is -0.102. The number of carbonyl (C=O) groups is 1. The van der Waals surface area contributed by atoms with Crippen molar-refractivity contribution in [2.75, 3.05) is 5.32 Å². The lowest BCUT2D eigenvalue weighted by Gasteiger charge is -1.99. The molecule has 8 heteroatoms. The molecule has 2 N–H and O–H groups in total. The third kappa shape index (κ3) is 3.18. The van der Waals surface area contributed by atoms with Crippen molar-refractivity contribution in [2.24, 2.45) is 0 Å². The molecular weight excluding hydrogens is 276 g/mol. The molecule has 0 fully saturated rings. The summed E-state index contributed by atoms with van der Waals surface area (Å²) in [6.45, 7) is 3.69. The van der Waals surface area contributed by atoms with Crippen LogP contribution in [0.5, 0.6) is 0 Å². The van der Waals surface area contributed by atoms with Crippen LogP contribution in [0.4, 0.5) is 5.13 Å². The Labute approximate surface area is 111 Å². The molecule has 0 aromatic carbocycles. The normalized spacial score (nSPS) is 10.5. The number of carbonyl (C=O) groups excluding carboxylic acids is 1. The smallest absolute Gasteiger partial charge is 0.231 e. The summed E-state index contributed by atoms with van der Waals surface area (Å²) in [5.74, 6) is 0.563. The summed E-state index contributed by atoms with van der Waals surface area (Å²) < 4.78 is 4.69.